The molecule has 1 aromatic heterocycles. The molecule has 0 bridgehead atoms. The van der Waals surface area contributed by atoms with Gasteiger partial charge >= 0.3 is 5.97 Å². The first kappa shape index (κ1) is 14.2. The SMILES string of the molecule is CCC(C)(NCc1nc(-c2ccccc2)no1)C(=O)O. The number of hydrogen-bond donors (Lipinski definition) is 2. The highest BCUT2D eigenvalue weighted by molar-refractivity contribution is 5.78. The van der Waals surface area contributed by atoms with Crippen LogP contribution in [0.4, 0.5) is 0 Å². The van der Waals surface area contributed by atoms with Crippen molar-refractivity contribution < 1.29 is 14.4 Å². The minimum atomic E-state index is -0.999. The van der Waals surface area contributed by atoms with Gasteiger partial charge < -0.3 is 9.63 Å². The van der Waals surface area contributed by atoms with Gasteiger partial charge in [-0.05, 0) is 13.3 Å². The maximum Gasteiger partial charge on any atom is 0.323 e. The Morgan fingerprint density at radius 3 is 2.70 bits per heavy atom. The predicted molar refractivity (Wildman–Crippen MR) is 72.9 cm³/mol. The van der Waals surface area contributed by atoms with Gasteiger partial charge in [0, 0.05) is 5.56 Å². The van der Waals surface area contributed by atoms with Crippen molar-refractivity contribution in [3.63, 3.8) is 0 Å². The molecule has 0 amide bonds. The number of benzene rings is 1. The topological polar surface area (TPSA) is 88.3 Å². The van der Waals surface area contributed by atoms with Crippen molar-refractivity contribution in [1.82, 2.24) is 15.5 Å². The lowest BCUT2D eigenvalue weighted by atomic mass is 9.99. The second-order valence-corrected chi connectivity index (χ2v) is 4.72. The fourth-order valence-corrected chi connectivity index (χ4v) is 1.65. The van der Waals surface area contributed by atoms with Gasteiger partial charge in [0.2, 0.25) is 11.7 Å². The summed E-state index contributed by atoms with van der Waals surface area (Å²) in [5.74, 6) is -0.0384. The number of aliphatic carboxylic acids is 1. The summed E-state index contributed by atoms with van der Waals surface area (Å²) in [5.41, 5.74) is -0.138. The van der Waals surface area contributed by atoms with E-state index in [1.807, 2.05) is 37.3 Å². The van der Waals surface area contributed by atoms with Crippen LogP contribution in [0.25, 0.3) is 11.4 Å². The molecular weight excluding hydrogens is 258 g/mol. The number of rotatable bonds is 6. The van der Waals surface area contributed by atoms with Crippen LogP contribution < -0.4 is 5.32 Å². The summed E-state index contributed by atoms with van der Waals surface area (Å²) in [5, 5.41) is 16.0. The number of carboxylic acid groups (broad SMARTS) is 1. The van der Waals surface area contributed by atoms with Gasteiger partial charge in [0.05, 0.1) is 6.54 Å². The highest BCUT2D eigenvalue weighted by Gasteiger charge is 2.30. The summed E-state index contributed by atoms with van der Waals surface area (Å²) in [4.78, 5) is 15.4. The lowest BCUT2D eigenvalue weighted by Crippen LogP contribution is -2.48. The summed E-state index contributed by atoms with van der Waals surface area (Å²) < 4.78 is 5.12. The maximum absolute atomic E-state index is 11.2. The molecular formula is C14H17N3O3. The lowest BCUT2D eigenvalue weighted by Gasteiger charge is -2.23. The van der Waals surface area contributed by atoms with E-state index in [0.717, 1.165) is 5.56 Å². The van der Waals surface area contributed by atoms with Crippen LogP contribution >= 0.6 is 0 Å². The Hall–Kier alpha value is -2.21. The molecule has 0 aliphatic carbocycles. The molecule has 1 unspecified atom stereocenters. The smallest absolute Gasteiger partial charge is 0.323 e. The van der Waals surface area contributed by atoms with E-state index in [1.165, 1.54) is 0 Å². The van der Waals surface area contributed by atoms with Crippen molar-refractivity contribution in [1.29, 1.82) is 0 Å². The second-order valence-electron chi connectivity index (χ2n) is 4.72. The molecule has 2 N–H and O–H groups in total. The van der Waals surface area contributed by atoms with Crippen LogP contribution in [0.15, 0.2) is 34.9 Å². The molecule has 0 radical (unpaired) electrons. The highest BCUT2D eigenvalue weighted by atomic mass is 16.5. The molecule has 1 aromatic carbocycles. The molecule has 0 saturated carbocycles. The van der Waals surface area contributed by atoms with E-state index in [-0.39, 0.29) is 6.54 Å². The van der Waals surface area contributed by atoms with Crippen LogP contribution in [0.3, 0.4) is 0 Å². The van der Waals surface area contributed by atoms with E-state index in [0.29, 0.717) is 18.1 Å². The third-order valence-corrected chi connectivity index (χ3v) is 3.31. The van der Waals surface area contributed by atoms with Crippen molar-refractivity contribution in [3.8, 4) is 11.4 Å². The Bertz CT molecular complexity index is 582. The van der Waals surface area contributed by atoms with Gasteiger partial charge in [-0.3, -0.25) is 10.1 Å². The van der Waals surface area contributed by atoms with Gasteiger partial charge in [-0.15, -0.1) is 0 Å². The van der Waals surface area contributed by atoms with Gasteiger partial charge in [-0.25, -0.2) is 0 Å². The van der Waals surface area contributed by atoms with Gasteiger partial charge in [-0.1, -0.05) is 42.4 Å². The van der Waals surface area contributed by atoms with Gasteiger partial charge in [0.15, 0.2) is 0 Å². The second kappa shape index (κ2) is 5.83. The summed E-state index contributed by atoms with van der Waals surface area (Å²) >= 11 is 0. The molecule has 1 atom stereocenters. The first-order valence-electron chi connectivity index (χ1n) is 6.41. The number of carbonyl (C=O) groups is 1. The highest BCUT2D eigenvalue weighted by Crippen LogP contribution is 2.15. The zero-order valence-corrected chi connectivity index (χ0v) is 11.5. The average Bonchev–Trinajstić information content (AvgIpc) is 2.94. The van der Waals surface area contributed by atoms with Crippen LogP contribution in [0.5, 0.6) is 0 Å². The van der Waals surface area contributed by atoms with Gasteiger partial charge in [0.25, 0.3) is 0 Å². The standard InChI is InChI=1S/C14H17N3O3/c1-3-14(2,13(18)19)15-9-11-16-12(17-20-11)10-7-5-4-6-8-10/h4-8,15H,3,9H2,1-2H3,(H,18,19). The Morgan fingerprint density at radius 1 is 1.40 bits per heavy atom. The first-order valence-corrected chi connectivity index (χ1v) is 6.41. The predicted octanol–water partition coefficient (Wildman–Crippen LogP) is 2.08. The number of hydrogen-bond acceptors (Lipinski definition) is 5. The van der Waals surface area contributed by atoms with Crippen LogP contribution in [0.1, 0.15) is 26.2 Å². The molecule has 0 saturated heterocycles. The number of aromatic nitrogens is 2. The number of carboxylic acids is 1. The largest absolute Gasteiger partial charge is 0.480 e. The molecule has 20 heavy (non-hydrogen) atoms. The quantitative estimate of drug-likeness (QED) is 0.839. The summed E-state index contributed by atoms with van der Waals surface area (Å²) in [6.07, 6.45) is 0.460. The molecule has 6 nitrogen and oxygen atoms in total. The van der Waals surface area contributed by atoms with Crippen molar-refractivity contribution in [2.75, 3.05) is 0 Å². The van der Waals surface area contributed by atoms with E-state index in [2.05, 4.69) is 15.5 Å². The van der Waals surface area contributed by atoms with Crippen LogP contribution in [-0.4, -0.2) is 26.8 Å². The van der Waals surface area contributed by atoms with Gasteiger partial charge in [0.1, 0.15) is 5.54 Å². The molecule has 2 rings (SSSR count). The number of nitrogens with zero attached hydrogens (tertiary/aromatic N) is 2. The van der Waals surface area contributed by atoms with E-state index < -0.39 is 11.5 Å². The molecule has 1 heterocycles. The Labute approximate surface area is 116 Å². The Balaban J connectivity index is 2.06. The fourth-order valence-electron chi connectivity index (χ4n) is 1.65. The van der Waals surface area contributed by atoms with Crippen molar-refractivity contribution in [2.24, 2.45) is 0 Å². The first-order chi connectivity index (χ1) is 9.55. The molecule has 2 aromatic rings. The Kier molecular flexibility index (Phi) is 4.14. The lowest BCUT2D eigenvalue weighted by molar-refractivity contribution is -0.144. The van der Waals surface area contributed by atoms with Crippen molar-refractivity contribution in [2.45, 2.75) is 32.4 Å². The van der Waals surface area contributed by atoms with Crippen LogP contribution in [0, 0.1) is 0 Å². The van der Waals surface area contributed by atoms with Crippen molar-refractivity contribution in [3.05, 3.63) is 36.2 Å². The zero-order chi connectivity index (χ0) is 14.6. The van der Waals surface area contributed by atoms with Crippen LogP contribution in [-0.2, 0) is 11.3 Å². The Morgan fingerprint density at radius 2 is 2.10 bits per heavy atom. The average molecular weight is 275 g/mol. The summed E-state index contributed by atoms with van der Waals surface area (Å²) in [6.45, 7) is 3.66. The summed E-state index contributed by atoms with van der Waals surface area (Å²) in [7, 11) is 0. The monoisotopic (exact) mass is 275 g/mol. The maximum atomic E-state index is 11.2. The third-order valence-electron chi connectivity index (χ3n) is 3.31. The van der Waals surface area contributed by atoms with E-state index in [4.69, 9.17) is 9.63 Å². The van der Waals surface area contributed by atoms with Crippen LogP contribution in [0.2, 0.25) is 0 Å². The number of nitrogens with one attached hydrogen (secondary N) is 1. The van der Waals surface area contributed by atoms with E-state index >= 15 is 0 Å². The van der Waals surface area contributed by atoms with E-state index in [1.54, 1.807) is 6.92 Å². The molecule has 0 aliphatic rings. The third kappa shape index (κ3) is 3.03. The zero-order valence-electron chi connectivity index (χ0n) is 11.5. The van der Waals surface area contributed by atoms with Gasteiger partial charge in [-0.2, -0.15) is 4.98 Å². The molecule has 106 valence electrons. The van der Waals surface area contributed by atoms with E-state index in [9.17, 15) is 4.79 Å². The fraction of sp³-hybridized carbons (Fsp3) is 0.357. The minimum absolute atomic E-state index is 0.219. The summed E-state index contributed by atoms with van der Waals surface area (Å²) in [6, 6.07) is 9.46. The van der Waals surface area contributed by atoms with Crippen molar-refractivity contribution >= 4 is 5.97 Å². The molecule has 6 heteroatoms. The molecule has 0 fully saturated rings. The molecule has 0 spiro atoms. The normalized spacial score (nSPS) is 13.9. The molecule has 0 aliphatic heterocycles. The minimum Gasteiger partial charge on any atom is -0.480 e.